The van der Waals surface area contributed by atoms with Crippen molar-refractivity contribution in [1.29, 1.82) is 0 Å². The van der Waals surface area contributed by atoms with Gasteiger partial charge in [0.2, 0.25) is 5.91 Å². The lowest BCUT2D eigenvalue weighted by Gasteiger charge is -2.33. The zero-order chi connectivity index (χ0) is 9.97. The van der Waals surface area contributed by atoms with Crippen molar-refractivity contribution in [2.45, 2.75) is 31.1 Å². The molecule has 0 aromatic carbocycles. The largest absolute Gasteiger partial charge is 0.339 e. The Bertz CT molecular complexity index is 221. The van der Waals surface area contributed by atoms with Crippen molar-refractivity contribution < 1.29 is 4.79 Å². The molecule has 0 radical (unpaired) electrons. The first-order valence-corrected chi connectivity index (χ1v) is 6.46. The fraction of sp³-hybridized carbons (Fsp3) is 0.900. The van der Waals surface area contributed by atoms with E-state index in [4.69, 9.17) is 0 Å². The lowest BCUT2D eigenvalue weighted by atomic mass is 10.2. The summed E-state index contributed by atoms with van der Waals surface area (Å²) in [6.07, 6.45) is 2.30. The highest BCUT2D eigenvalue weighted by Gasteiger charge is 2.29. The quantitative estimate of drug-likeness (QED) is 0.757. The zero-order valence-electron chi connectivity index (χ0n) is 9.07. The summed E-state index contributed by atoms with van der Waals surface area (Å²) in [6.45, 7) is 4.86. The molecule has 2 rings (SSSR count). The van der Waals surface area contributed by atoms with Gasteiger partial charge in [0.15, 0.2) is 0 Å². The summed E-state index contributed by atoms with van der Waals surface area (Å²) in [6, 6.07) is 0.458. The number of thioether (sulfide) groups is 1. The maximum atomic E-state index is 12.0. The number of rotatable bonds is 1. The van der Waals surface area contributed by atoms with Crippen LogP contribution in [0.2, 0.25) is 0 Å². The van der Waals surface area contributed by atoms with Gasteiger partial charge in [-0.15, -0.1) is 24.2 Å². The average molecular weight is 251 g/mol. The minimum absolute atomic E-state index is 0. The molecule has 0 saturated carbocycles. The van der Waals surface area contributed by atoms with E-state index in [-0.39, 0.29) is 17.7 Å². The normalized spacial score (nSPS) is 31.1. The number of piperazine rings is 1. The smallest absolute Gasteiger partial charge is 0.235 e. The Hall–Kier alpha value is 0.0700. The van der Waals surface area contributed by atoms with Crippen molar-refractivity contribution in [3.63, 3.8) is 0 Å². The van der Waals surface area contributed by atoms with Crippen LogP contribution in [0.5, 0.6) is 0 Å². The van der Waals surface area contributed by atoms with Gasteiger partial charge in [-0.1, -0.05) is 0 Å². The predicted molar refractivity (Wildman–Crippen MR) is 66.8 cm³/mol. The molecule has 5 heteroatoms. The van der Waals surface area contributed by atoms with E-state index in [0.717, 1.165) is 31.8 Å². The number of carbonyl (C=O) groups excluding carboxylic acids is 1. The Morgan fingerprint density at radius 3 is 2.93 bits per heavy atom. The minimum atomic E-state index is 0. The Morgan fingerprint density at radius 1 is 1.53 bits per heavy atom. The molecule has 2 saturated heterocycles. The summed E-state index contributed by atoms with van der Waals surface area (Å²) < 4.78 is 0. The molecule has 88 valence electrons. The topological polar surface area (TPSA) is 32.3 Å². The van der Waals surface area contributed by atoms with E-state index >= 15 is 0 Å². The summed E-state index contributed by atoms with van der Waals surface area (Å²) in [5.74, 6) is 1.54. The van der Waals surface area contributed by atoms with E-state index in [0.29, 0.717) is 11.9 Å². The fourth-order valence-electron chi connectivity index (χ4n) is 2.11. The Kier molecular flexibility index (Phi) is 5.23. The first-order chi connectivity index (χ1) is 6.77. The van der Waals surface area contributed by atoms with E-state index in [1.54, 1.807) is 0 Å². The highest BCUT2D eigenvalue weighted by molar-refractivity contribution is 8.00. The molecule has 1 unspecified atom stereocenters. The van der Waals surface area contributed by atoms with Crippen LogP contribution in [0.3, 0.4) is 0 Å². The average Bonchev–Trinajstić information content (AvgIpc) is 2.69. The van der Waals surface area contributed by atoms with Gasteiger partial charge in [0.25, 0.3) is 0 Å². The molecule has 2 aliphatic heterocycles. The predicted octanol–water partition coefficient (Wildman–Crippen LogP) is 1.12. The molecule has 2 heterocycles. The summed E-state index contributed by atoms with van der Waals surface area (Å²) in [7, 11) is 0. The first kappa shape index (κ1) is 13.1. The highest BCUT2D eigenvalue weighted by atomic mass is 35.5. The van der Waals surface area contributed by atoms with Crippen LogP contribution in [0.1, 0.15) is 19.8 Å². The van der Waals surface area contributed by atoms with Gasteiger partial charge in [-0.05, 0) is 25.5 Å². The summed E-state index contributed by atoms with van der Waals surface area (Å²) in [4.78, 5) is 14.1. The van der Waals surface area contributed by atoms with Gasteiger partial charge < -0.3 is 10.2 Å². The molecule has 2 fully saturated rings. The van der Waals surface area contributed by atoms with Crippen molar-refractivity contribution in [3.8, 4) is 0 Å². The van der Waals surface area contributed by atoms with Crippen LogP contribution >= 0.6 is 24.2 Å². The zero-order valence-corrected chi connectivity index (χ0v) is 10.7. The molecule has 15 heavy (non-hydrogen) atoms. The van der Waals surface area contributed by atoms with Crippen molar-refractivity contribution in [3.05, 3.63) is 0 Å². The Balaban J connectivity index is 0.00000112. The van der Waals surface area contributed by atoms with Crippen LogP contribution in [0, 0.1) is 0 Å². The number of hydrogen-bond donors (Lipinski definition) is 1. The molecule has 0 aliphatic carbocycles. The van der Waals surface area contributed by atoms with Crippen LogP contribution in [0.15, 0.2) is 0 Å². The van der Waals surface area contributed by atoms with Crippen molar-refractivity contribution in [2.75, 3.05) is 25.4 Å². The number of nitrogens with zero attached hydrogens (tertiary/aromatic N) is 1. The Labute approximate surface area is 102 Å². The van der Waals surface area contributed by atoms with E-state index in [9.17, 15) is 4.79 Å². The molecule has 0 aromatic rings. The molecule has 0 aromatic heterocycles. The molecule has 0 bridgehead atoms. The maximum Gasteiger partial charge on any atom is 0.235 e. The molecule has 3 nitrogen and oxygen atoms in total. The summed E-state index contributed by atoms with van der Waals surface area (Å²) in [5.41, 5.74) is 0. The maximum absolute atomic E-state index is 12.0. The van der Waals surface area contributed by atoms with Crippen molar-refractivity contribution in [2.24, 2.45) is 0 Å². The van der Waals surface area contributed by atoms with Gasteiger partial charge in [-0.25, -0.2) is 0 Å². The Morgan fingerprint density at radius 2 is 2.33 bits per heavy atom. The van der Waals surface area contributed by atoms with E-state index in [2.05, 4.69) is 12.2 Å². The van der Waals surface area contributed by atoms with Crippen LogP contribution in [0.25, 0.3) is 0 Å². The van der Waals surface area contributed by atoms with Gasteiger partial charge in [-0.2, -0.15) is 0 Å². The third kappa shape index (κ3) is 3.26. The van der Waals surface area contributed by atoms with Gasteiger partial charge >= 0.3 is 0 Å². The number of nitrogens with one attached hydrogen (secondary N) is 1. The molecular formula is C10H19ClN2OS. The second kappa shape index (κ2) is 5.97. The highest BCUT2D eigenvalue weighted by Crippen LogP contribution is 2.27. The number of halogens is 1. The van der Waals surface area contributed by atoms with E-state index in [1.165, 1.54) is 6.42 Å². The fourth-order valence-corrected chi connectivity index (χ4v) is 3.35. The van der Waals surface area contributed by atoms with Gasteiger partial charge in [0.05, 0.1) is 5.25 Å². The van der Waals surface area contributed by atoms with Crippen molar-refractivity contribution in [1.82, 2.24) is 10.2 Å². The third-order valence-corrected chi connectivity index (χ3v) is 4.25. The van der Waals surface area contributed by atoms with Crippen molar-refractivity contribution >= 4 is 30.1 Å². The first-order valence-electron chi connectivity index (χ1n) is 5.41. The van der Waals surface area contributed by atoms with Crippen LogP contribution in [0.4, 0.5) is 0 Å². The SMILES string of the molecule is C[C@@H]1CN(C(=O)C2CCCS2)CCN1.Cl. The molecule has 0 spiro atoms. The second-order valence-corrected chi connectivity index (χ2v) is 5.45. The van der Waals surface area contributed by atoms with E-state index < -0.39 is 0 Å². The van der Waals surface area contributed by atoms with Crippen LogP contribution in [-0.4, -0.2) is 47.5 Å². The van der Waals surface area contributed by atoms with Crippen LogP contribution < -0.4 is 5.32 Å². The molecular weight excluding hydrogens is 232 g/mol. The summed E-state index contributed by atoms with van der Waals surface area (Å²) in [5, 5.41) is 3.62. The number of hydrogen-bond acceptors (Lipinski definition) is 3. The lowest BCUT2D eigenvalue weighted by molar-refractivity contribution is -0.131. The monoisotopic (exact) mass is 250 g/mol. The molecule has 1 N–H and O–H groups in total. The number of amides is 1. The van der Waals surface area contributed by atoms with Gasteiger partial charge in [0, 0.05) is 25.7 Å². The van der Waals surface area contributed by atoms with E-state index in [1.807, 2.05) is 16.7 Å². The third-order valence-electron chi connectivity index (χ3n) is 2.89. The van der Waals surface area contributed by atoms with Crippen LogP contribution in [-0.2, 0) is 4.79 Å². The molecule has 2 atom stereocenters. The lowest BCUT2D eigenvalue weighted by Crippen LogP contribution is -2.53. The minimum Gasteiger partial charge on any atom is -0.339 e. The molecule has 2 aliphatic rings. The van der Waals surface area contributed by atoms with Gasteiger partial charge in [-0.3, -0.25) is 4.79 Å². The second-order valence-electron chi connectivity index (χ2n) is 4.14. The van der Waals surface area contributed by atoms with Gasteiger partial charge in [0.1, 0.15) is 0 Å². The molecule has 1 amide bonds. The number of carbonyl (C=O) groups is 1. The summed E-state index contributed by atoms with van der Waals surface area (Å²) >= 11 is 1.83. The standard InChI is InChI=1S/C10H18N2OS.ClH/c1-8-7-12(5-4-11-8)10(13)9-3-2-6-14-9;/h8-9,11H,2-7H2,1H3;1H/t8-,9?;/m1./s1.